The van der Waals surface area contributed by atoms with Gasteiger partial charge < -0.3 is 0 Å². The summed E-state index contributed by atoms with van der Waals surface area (Å²) in [6, 6.07) is 14.4. The minimum absolute atomic E-state index is 0.239. The number of aliphatic imine (C=N–C) groups is 1. The molecule has 106 valence electrons. The molecule has 5 heteroatoms. The maximum Gasteiger partial charge on any atom is 0.182 e. The Balaban J connectivity index is 1.74. The number of nitrogens with one attached hydrogen (secondary N) is 1. The standard InChI is InChI=1S/C16H14FN3S/c1-11-2-8-14(9-3-11)18-16-20-19-15(10-21-16)12-4-6-13(17)7-5-12/h2-9H,10H2,1H3,(H,18,20). The number of hydrogen-bond donors (Lipinski definition) is 1. The molecule has 3 rings (SSSR count). The van der Waals surface area contributed by atoms with Gasteiger partial charge in [0, 0.05) is 5.75 Å². The maximum absolute atomic E-state index is 12.9. The van der Waals surface area contributed by atoms with Gasteiger partial charge in [-0.25, -0.2) is 9.38 Å². The third-order valence-electron chi connectivity index (χ3n) is 3.07. The second-order valence-electron chi connectivity index (χ2n) is 4.72. The van der Waals surface area contributed by atoms with Gasteiger partial charge >= 0.3 is 0 Å². The van der Waals surface area contributed by atoms with E-state index in [1.54, 1.807) is 23.9 Å². The van der Waals surface area contributed by atoms with Gasteiger partial charge in [0.1, 0.15) is 5.82 Å². The highest BCUT2D eigenvalue weighted by atomic mass is 32.2. The molecular weight excluding hydrogens is 285 g/mol. The summed E-state index contributed by atoms with van der Waals surface area (Å²) in [4.78, 5) is 4.50. The number of amidine groups is 1. The van der Waals surface area contributed by atoms with E-state index in [4.69, 9.17) is 0 Å². The van der Waals surface area contributed by atoms with E-state index in [0.717, 1.165) is 22.1 Å². The summed E-state index contributed by atoms with van der Waals surface area (Å²) in [5, 5.41) is 5.09. The minimum atomic E-state index is -0.239. The van der Waals surface area contributed by atoms with Gasteiger partial charge in [0.25, 0.3) is 0 Å². The first kappa shape index (κ1) is 13.8. The van der Waals surface area contributed by atoms with Crippen LogP contribution in [0.4, 0.5) is 10.1 Å². The maximum atomic E-state index is 12.9. The molecular formula is C16H14FN3S. The Morgan fingerprint density at radius 3 is 2.43 bits per heavy atom. The summed E-state index contributed by atoms with van der Waals surface area (Å²) in [5.41, 5.74) is 6.87. The lowest BCUT2D eigenvalue weighted by atomic mass is 10.1. The Kier molecular flexibility index (Phi) is 4.01. The van der Waals surface area contributed by atoms with E-state index >= 15 is 0 Å². The molecule has 0 spiro atoms. The SMILES string of the molecule is Cc1ccc(N=C2NN=C(c3ccc(F)cc3)CS2)cc1. The van der Waals surface area contributed by atoms with E-state index in [1.807, 2.05) is 31.2 Å². The quantitative estimate of drug-likeness (QED) is 0.914. The molecule has 2 aromatic rings. The largest absolute Gasteiger partial charge is 0.255 e. The average molecular weight is 299 g/mol. The first-order chi connectivity index (χ1) is 10.2. The monoisotopic (exact) mass is 299 g/mol. The van der Waals surface area contributed by atoms with E-state index in [-0.39, 0.29) is 5.82 Å². The number of nitrogens with zero attached hydrogens (tertiary/aromatic N) is 2. The zero-order valence-electron chi connectivity index (χ0n) is 11.5. The molecule has 21 heavy (non-hydrogen) atoms. The first-order valence-electron chi connectivity index (χ1n) is 6.57. The number of halogens is 1. The number of benzene rings is 2. The molecule has 0 fully saturated rings. The van der Waals surface area contributed by atoms with Crippen molar-refractivity contribution in [1.29, 1.82) is 0 Å². The summed E-state index contributed by atoms with van der Waals surface area (Å²) in [6.07, 6.45) is 0. The van der Waals surface area contributed by atoms with E-state index in [9.17, 15) is 4.39 Å². The van der Waals surface area contributed by atoms with E-state index in [0.29, 0.717) is 5.75 Å². The van der Waals surface area contributed by atoms with Gasteiger partial charge in [-0.15, -0.1) is 0 Å². The molecule has 0 aromatic heterocycles. The predicted octanol–water partition coefficient (Wildman–Crippen LogP) is 3.86. The van der Waals surface area contributed by atoms with Crippen LogP contribution in [0.1, 0.15) is 11.1 Å². The van der Waals surface area contributed by atoms with Crippen LogP contribution in [-0.2, 0) is 0 Å². The highest BCUT2D eigenvalue weighted by Gasteiger charge is 2.13. The van der Waals surface area contributed by atoms with Crippen LogP contribution in [0.25, 0.3) is 0 Å². The molecule has 2 aromatic carbocycles. The summed E-state index contributed by atoms with van der Waals surface area (Å²) in [6.45, 7) is 2.05. The third-order valence-corrected chi connectivity index (χ3v) is 3.95. The number of hydrogen-bond acceptors (Lipinski definition) is 3. The van der Waals surface area contributed by atoms with Crippen LogP contribution in [0.3, 0.4) is 0 Å². The number of hydrazone groups is 1. The lowest BCUT2D eigenvalue weighted by molar-refractivity contribution is 0.628. The molecule has 0 radical (unpaired) electrons. The van der Waals surface area contributed by atoms with Gasteiger partial charge in [-0.1, -0.05) is 41.6 Å². The second-order valence-corrected chi connectivity index (χ2v) is 5.68. The first-order valence-corrected chi connectivity index (χ1v) is 7.56. The minimum Gasteiger partial charge on any atom is -0.255 e. The fraction of sp³-hybridized carbons (Fsp3) is 0.125. The van der Waals surface area contributed by atoms with Crippen molar-refractivity contribution in [2.75, 3.05) is 5.75 Å². The smallest absolute Gasteiger partial charge is 0.182 e. The van der Waals surface area contributed by atoms with Gasteiger partial charge in [0.15, 0.2) is 5.17 Å². The topological polar surface area (TPSA) is 36.8 Å². The molecule has 0 amide bonds. The lowest BCUT2D eigenvalue weighted by Crippen LogP contribution is -2.25. The molecule has 0 unspecified atom stereocenters. The number of rotatable bonds is 2. The molecule has 3 nitrogen and oxygen atoms in total. The summed E-state index contributed by atoms with van der Waals surface area (Å²) in [7, 11) is 0. The summed E-state index contributed by atoms with van der Waals surface area (Å²) in [5.74, 6) is 0.473. The molecule has 0 atom stereocenters. The van der Waals surface area contributed by atoms with E-state index in [1.165, 1.54) is 17.7 Å². The molecule has 0 saturated heterocycles. The van der Waals surface area contributed by atoms with Crippen LogP contribution in [0.15, 0.2) is 58.6 Å². The zero-order valence-corrected chi connectivity index (χ0v) is 12.3. The Morgan fingerprint density at radius 2 is 1.81 bits per heavy atom. The third kappa shape index (κ3) is 3.49. The molecule has 1 heterocycles. The zero-order chi connectivity index (χ0) is 14.7. The Hall–Kier alpha value is -2.14. The van der Waals surface area contributed by atoms with E-state index < -0.39 is 0 Å². The molecule has 0 aliphatic carbocycles. The average Bonchev–Trinajstić information content (AvgIpc) is 2.51. The molecule has 0 bridgehead atoms. The fourth-order valence-corrected chi connectivity index (χ4v) is 2.69. The molecule has 1 aliphatic rings. The van der Waals surface area contributed by atoms with Crippen molar-refractivity contribution in [1.82, 2.24) is 5.43 Å². The number of thioether (sulfide) groups is 1. The van der Waals surface area contributed by atoms with Crippen molar-refractivity contribution in [2.24, 2.45) is 10.1 Å². The van der Waals surface area contributed by atoms with Crippen LogP contribution < -0.4 is 5.43 Å². The number of aryl methyl sites for hydroxylation is 1. The van der Waals surface area contributed by atoms with Crippen LogP contribution >= 0.6 is 11.8 Å². The van der Waals surface area contributed by atoms with Crippen molar-refractivity contribution < 1.29 is 4.39 Å². The van der Waals surface area contributed by atoms with Gasteiger partial charge in [-0.3, -0.25) is 5.43 Å². The van der Waals surface area contributed by atoms with E-state index in [2.05, 4.69) is 15.5 Å². The normalized spacial score (nSPS) is 16.5. The summed E-state index contributed by atoms with van der Waals surface area (Å²) < 4.78 is 12.9. The van der Waals surface area contributed by atoms with Gasteiger partial charge in [-0.05, 0) is 36.8 Å². The molecule has 1 N–H and O–H groups in total. The van der Waals surface area contributed by atoms with Gasteiger partial charge in [-0.2, -0.15) is 5.10 Å². The predicted molar refractivity (Wildman–Crippen MR) is 86.8 cm³/mol. The fourth-order valence-electron chi connectivity index (χ4n) is 1.90. The second kappa shape index (κ2) is 6.10. The molecule has 0 saturated carbocycles. The highest BCUT2D eigenvalue weighted by molar-refractivity contribution is 8.14. The van der Waals surface area contributed by atoms with Crippen molar-refractivity contribution in [3.8, 4) is 0 Å². The van der Waals surface area contributed by atoms with Crippen molar-refractivity contribution in [3.05, 3.63) is 65.5 Å². The lowest BCUT2D eigenvalue weighted by Gasteiger charge is -2.14. The van der Waals surface area contributed by atoms with Crippen LogP contribution in [0, 0.1) is 12.7 Å². The van der Waals surface area contributed by atoms with Gasteiger partial charge in [0.05, 0.1) is 11.4 Å². The molecule has 1 aliphatic heterocycles. The van der Waals surface area contributed by atoms with Crippen LogP contribution in [-0.4, -0.2) is 16.6 Å². The van der Waals surface area contributed by atoms with Crippen molar-refractivity contribution in [3.63, 3.8) is 0 Å². The Labute approximate surface area is 127 Å². The summed E-state index contributed by atoms with van der Waals surface area (Å²) >= 11 is 1.58. The Bertz CT molecular complexity index is 690. The van der Waals surface area contributed by atoms with Crippen molar-refractivity contribution in [2.45, 2.75) is 6.92 Å². The van der Waals surface area contributed by atoms with Gasteiger partial charge in [0.2, 0.25) is 0 Å². The highest BCUT2D eigenvalue weighted by Crippen LogP contribution is 2.19. The van der Waals surface area contributed by atoms with Crippen LogP contribution in [0.5, 0.6) is 0 Å². The Morgan fingerprint density at radius 1 is 1.10 bits per heavy atom. The van der Waals surface area contributed by atoms with Crippen molar-refractivity contribution >= 4 is 28.3 Å². The van der Waals surface area contributed by atoms with Crippen LogP contribution in [0.2, 0.25) is 0 Å².